The average Bonchev–Trinajstić information content (AvgIpc) is 2.55. The van der Waals surface area contributed by atoms with Crippen molar-refractivity contribution in [3.05, 3.63) is 6.20 Å². The van der Waals surface area contributed by atoms with Crippen LogP contribution in [-0.2, 0) is 0 Å². The van der Waals surface area contributed by atoms with E-state index in [0.29, 0.717) is 17.5 Å². The molecule has 0 radical (unpaired) electrons. The molecule has 2 heterocycles. The number of aromatic nitrogens is 6. The van der Waals surface area contributed by atoms with Gasteiger partial charge in [-0.25, -0.2) is 4.98 Å². The molecule has 2 rings (SSSR count). The van der Waals surface area contributed by atoms with Gasteiger partial charge in [0.2, 0.25) is 5.82 Å². The highest BCUT2D eigenvalue weighted by Gasteiger charge is 2.03. The Balaban J connectivity index is 2.45. The standard InChI is InChI=1S/C4H5N7/c5-4-6-1-2(7-4)3-8-10-11-9-3/h1H,(H3,5,6,7)(H,8,9,10,11). The van der Waals surface area contributed by atoms with Crippen LogP contribution in [0.2, 0.25) is 0 Å². The van der Waals surface area contributed by atoms with Crippen molar-refractivity contribution in [2.24, 2.45) is 0 Å². The SMILES string of the molecule is Nc1ncc(-c2nn[nH]n2)[nH]1. The fourth-order valence-corrected chi connectivity index (χ4v) is 0.726. The van der Waals surface area contributed by atoms with E-state index in [4.69, 9.17) is 5.73 Å². The summed E-state index contributed by atoms with van der Waals surface area (Å²) in [6, 6.07) is 0. The first-order valence-corrected chi connectivity index (χ1v) is 2.90. The molecule has 0 saturated heterocycles. The summed E-state index contributed by atoms with van der Waals surface area (Å²) < 4.78 is 0. The van der Waals surface area contributed by atoms with Gasteiger partial charge in [-0.3, -0.25) is 0 Å². The summed E-state index contributed by atoms with van der Waals surface area (Å²) in [7, 11) is 0. The van der Waals surface area contributed by atoms with Crippen molar-refractivity contribution in [3.63, 3.8) is 0 Å². The minimum atomic E-state index is 0.338. The van der Waals surface area contributed by atoms with Crippen LogP contribution in [0, 0.1) is 0 Å². The quantitative estimate of drug-likeness (QED) is 0.493. The van der Waals surface area contributed by atoms with Crippen LogP contribution in [0.15, 0.2) is 6.20 Å². The van der Waals surface area contributed by atoms with E-state index >= 15 is 0 Å². The number of nitrogens with one attached hydrogen (secondary N) is 2. The maximum absolute atomic E-state index is 5.33. The molecule has 7 heteroatoms. The third-order valence-electron chi connectivity index (χ3n) is 1.18. The molecule has 0 aliphatic rings. The minimum absolute atomic E-state index is 0.338. The number of aromatic amines is 2. The molecule has 4 N–H and O–H groups in total. The molecule has 2 aromatic rings. The lowest BCUT2D eigenvalue weighted by atomic mass is 10.5. The molecular weight excluding hydrogens is 146 g/mol. The molecule has 56 valence electrons. The Kier molecular flexibility index (Phi) is 1.08. The molecule has 11 heavy (non-hydrogen) atoms. The Morgan fingerprint density at radius 1 is 1.45 bits per heavy atom. The average molecular weight is 151 g/mol. The molecule has 2 aromatic heterocycles. The highest BCUT2D eigenvalue weighted by molar-refractivity contribution is 5.48. The van der Waals surface area contributed by atoms with Crippen LogP contribution in [0.25, 0.3) is 11.5 Å². The maximum Gasteiger partial charge on any atom is 0.222 e. The number of tetrazole rings is 1. The number of hydrogen-bond donors (Lipinski definition) is 3. The number of nitrogen functional groups attached to an aromatic ring is 1. The van der Waals surface area contributed by atoms with Crippen molar-refractivity contribution in [3.8, 4) is 11.5 Å². The van der Waals surface area contributed by atoms with Crippen molar-refractivity contribution in [1.29, 1.82) is 0 Å². The molecule has 0 aromatic carbocycles. The lowest BCUT2D eigenvalue weighted by Gasteiger charge is -1.82. The molecule has 0 amide bonds. The van der Waals surface area contributed by atoms with E-state index in [1.54, 1.807) is 6.20 Å². The van der Waals surface area contributed by atoms with E-state index in [0.717, 1.165) is 0 Å². The molecule has 0 bridgehead atoms. The lowest BCUT2D eigenvalue weighted by Crippen LogP contribution is -1.86. The highest BCUT2D eigenvalue weighted by atomic mass is 15.5. The van der Waals surface area contributed by atoms with Gasteiger partial charge in [-0.2, -0.15) is 5.21 Å². The van der Waals surface area contributed by atoms with E-state index < -0.39 is 0 Å². The Labute approximate surface area is 61.0 Å². The van der Waals surface area contributed by atoms with Gasteiger partial charge >= 0.3 is 0 Å². The summed E-state index contributed by atoms with van der Waals surface area (Å²) in [5.41, 5.74) is 5.98. The van der Waals surface area contributed by atoms with Crippen molar-refractivity contribution in [2.45, 2.75) is 0 Å². The van der Waals surface area contributed by atoms with E-state index in [-0.39, 0.29) is 0 Å². The van der Waals surface area contributed by atoms with Crippen molar-refractivity contribution >= 4 is 5.95 Å². The van der Waals surface area contributed by atoms with Crippen molar-refractivity contribution < 1.29 is 0 Å². The molecule has 0 fully saturated rings. The lowest BCUT2D eigenvalue weighted by molar-refractivity contribution is 0.881. The first-order chi connectivity index (χ1) is 5.36. The van der Waals surface area contributed by atoms with Crippen LogP contribution in [0.1, 0.15) is 0 Å². The molecule has 0 spiro atoms. The predicted octanol–water partition coefficient (Wildman–Crippen LogP) is -0.828. The van der Waals surface area contributed by atoms with Crippen molar-refractivity contribution in [1.82, 2.24) is 30.6 Å². The second-order valence-electron chi connectivity index (χ2n) is 1.92. The Morgan fingerprint density at radius 2 is 2.36 bits per heavy atom. The number of nitrogens with two attached hydrogens (primary N) is 1. The number of nitrogens with zero attached hydrogens (tertiary/aromatic N) is 4. The van der Waals surface area contributed by atoms with E-state index in [1.807, 2.05) is 0 Å². The van der Waals surface area contributed by atoms with Crippen LogP contribution in [-0.4, -0.2) is 30.6 Å². The van der Waals surface area contributed by atoms with Crippen LogP contribution in [0.3, 0.4) is 0 Å². The number of rotatable bonds is 1. The van der Waals surface area contributed by atoms with Crippen LogP contribution < -0.4 is 5.73 Å². The third kappa shape index (κ3) is 0.914. The number of H-pyrrole nitrogens is 2. The van der Waals surface area contributed by atoms with Gasteiger partial charge in [-0.05, 0) is 5.21 Å². The van der Waals surface area contributed by atoms with E-state index in [2.05, 4.69) is 30.6 Å². The molecule has 0 saturated carbocycles. The fraction of sp³-hybridized carbons (Fsp3) is 0. The monoisotopic (exact) mass is 151 g/mol. The molecule has 0 aliphatic heterocycles. The summed E-state index contributed by atoms with van der Waals surface area (Å²) in [5, 5.41) is 13.2. The van der Waals surface area contributed by atoms with Gasteiger partial charge in [0.05, 0.1) is 6.20 Å². The summed E-state index contributed by atoms with van der Waals surface area (Å²) in [6.07, 6.45) is 1.54. The minimum Gasteiger partial charge on any atom is -0.369 e. The van der Waals surface area contributed by atoms with E-state index in [9.17, 15) is 0 Å². The fourth-order valence-electron chi connectivity index (χ4n) is 0.726. The summed E-state index contributed by atoms with van der Waals surface area (Å²) >= 11 is 0. The van der Waals surface area contributed by atoms with Gasteiger partial charge in [0.1, 0.15) is 5.69 Å². The van der Waals surface area contributed by atoms with Gasteiger partial charge in [0, 0.05) is 0 Å². The van der Waals surface area contributed by atoms with Crippen LogP contribution in [0.5, 0.6) is 0 Å². The topological polar surface area (TPSA) is 109 Å². The predicted molar refractivity (Wildman–Crippen MR) is 36.2 cm³/mol. The highest BCUT2D eigenvalue weighted by Crippen LogP contribution is 2.09. The first-order valence-electron chi connectivity index (χ1n) is 2.90. The van der Waals surface area contributed by atoms with Gasteiger partial charge in [-0.15, -0.1) is 10.2 Å². The van der Waals surface area contributed by atoms with Gasteiger partial charge in [0.25, 0.3) is 0 Å². The summed E-state index contributed by atoms with van der Waals surface area (Å²) in [6.45, 7) is 0. The van der Waals surface area contributed by atoms with Gasteiger partial charge in [0.15, 0.2) is 5.95 Å². The first kappa shape index (κ1) is 5.83. The number of hydrogen-bond acceptors (Lipinski definition) is 5. The third-order valence-corrected chi connectivity index (χ3v) is 1.18. The second kappa shape index (κ2) is 2.04. The Hall–Kier alpha value is -1.92. The van der Waals surface area contributed by atoms with Crippen LogP contribution in [0.4, 0.5) is 5.95 Å². The van der Waals surface area contributed by atoms with Gasteiger partial charge in [-0.1, -0.05) is 0 Å². The molecular formula is C4H5N7. The smallest absolute Gasteiger partial charge is 0.222 e. The van der Waals surface area contributed by atoms with Crippen LogP contribution >= 0.6 is 0 Å². The van der Waals surface area contributed by atoms with E-state index in [1.165, 1.54) is 0 Å². The van der Waals surface area contributed by atoms with Gasteiger partial charge < -0.3 is 10.7 Å². The maximum atomic E-state index is 5.33. The Morgan fingerprint density at radius 3 is 2.91 bits per heavy atom. The normalized spacial score (nSPS) is 10.2. The van der Waals surface area contributed by atoms with Crippen molar-refractivity contribution in [2.75, 3.05) is 5.73 Å². The zero-order valence-electron chi connectivity index (χ0n) is 5.44. The number of anilines is 1. The molecule has 0 atom stereocenters. The summed E-state index contributed by atoms with van der Waals surface area (Å²) in [4.78, 5) is 6.53. The zero-order chi connectivity index (χ0) is 7.68. The zero-order valence-corrected chi connectivity index (χ0v) is 5.44. The molecule has 0 aliphatic carbocycles. The Bertz CT molecular complexity index is 333. The summed E-state index contributed by atoms with van der Waals surface area (Å²) in [5.74, 6) is 0.791. The molecule has 0 unspecified atom stereocenters. The molecule has 7 nitrogen and oxygen atoms in total. The number of imidazole rings is 1. The second-order valence-corrected chi connectivity index (χ2v) is 1.92. The largest absolute Gasteiger partial charge is 0.369 e.